The van der Waals surface area contributed by atoms with E-state index in [1.807, 2.05) is 0 Å². The van der Waals surface area contributed by atoms with E-state index in [1.54, 1.807) is 0 Å². The van der Waals surface area contributed by atoms with Crippen molar-refractivity contribution < 1.29 is 0 Å². The molecular weight excluding hydrogens is 653 g/mol. The van der Waals surface area contributed by atoms with Gasteiger partial charge in [-0.25, -0.2) is 0 Å². The van der Waals surface area contributed by atoms with Gasteiger partial charge in [-0.3, -0.25) is 0 Å². The van der Waals surface area contributed by atoms with E-state index in [4.69, 9.17) is 0 Å². The molecule has 0 amide bonds. The molecule has 11 rings (SSSR count). The molecule has 1 aromatic heterocycles. The quantitative estimate of drug-likeness (QED) is 0.174. The lowest BCUT2D eigenvalue weighted by Gasteiger charge is -2.34. The summed E-state index contributed by atoms with van der Waals surface area (Å²) in [7, 11) is 0. The highest BCUT2D eigenvalue weighted by atomic mass is 15.1. The number of para-hydroxylation sites is 2. The number of benzene rings is 8. The van der Waals surface area contributed by atoms with Crippen molar-refractivity contribution in [2.45, 2.75) is 38.0 Å². The SMILES string of the molecule is CC1(C)c2ccccc2-n2c3c(c4cccc1c42)C(Cc1cccc2c(N(c4cccc5ccccc45)c4cccc5ccccc45)cccc12)CC=C3. The van der Waals surface area contributed by atoms with Crippen LogP contribution in [0.25, 0.3) is 55.0 Å². The number of aromatic nitrogens is 1. The van der Waals surface area contributed by atoms with Gasteiger partial charge in [0.2, 0.25) is 0 Å². The van der Waals surface area contributed by atoms with Crippen molar-refractivity contribution in [3.8, 4) is 5.69 Å². The van der Waals surface area contributed by atoms with Gasteiger partial charge in [0, 0.05) is 27.0 Å². The summed E-state index contributed by atoms with van der Waals surface area (Å²) >= 11 is 0. The molecule has 54 heavy (non-hydrogen) atoms. The molecule has 0 N–H and O–H groups in total. The second-order valence-corrected chi connectivity index (χ2v) is 15.6. The molecule has 8 aromatic carbocycles. The van der Waals surface area contributed by atoms with Crippen LogP contribution in [-0.4, -0.2) is 4.57 Å². The normalized spacial score (nSPS) is 15.5. The van der Waals surface area contributed by atoms with Crippen LogP contribution in [0.1, 0.15) is 54.1 Å². The molecule has 258 valence electrons. The number of anilines is 3. The fourth-order valence-electron chi connectivity index (χ4n) is 9.91. The zero-order valence-corrected chi connectivity index (χ0v) is 30.6. The van der Waals surface area contributed by atoms with Crippen molar-refractivity contribution in [3.05, 3.63) is 198 Å². The largest absolute Gasteiger partial charge is 0.309 e. The van der Waals surface area contributed by atoms with Crippen LogP contribution in [-0.2, 0) is 11.8 Å². The second kappa shape index (κ2) is 11.8. The zero-order valence-electron chi connectivity index (χ0n) is 30.6. The van der Waals surface area contributed by atoms with Crippen LogP contribution in [0.5, 0.6) is 0 Å². The van der Waals surface area contributed by atoms with Crippen LogP contribution >= 0.6 is 0 Å². The Labute approximate surface area is 316 Å². The van der Waals surface area contributed by atoms with Gasteiger partial charge < -0.3 is 9.47 Å². The summed E-state index contributed by atoms with van der Waals surface area (Å²) in [5.74, 6) is 0.360. The van der Waals surface area contributed by atoms with Crippen LogP contribution in [0, 0.1) is 0 Å². The molecule has 0 bridgehead atoms. The van der Waals surface area contributed by atoms with Crippen molar-refractivity contribution in [1.29, 1.82) is 0 Å². The summed E-state index contributed by atoms with van der Waals surface area (Å²) in [5.41, 5.74) is 13.2. The summed E-state index contributed by atoms with van der Waals surface area (Å²) < 4.78 is 2.57. The zero-order chi connectivity index (χ0) is 36.0. The maximum atomic E-state index is 2.57. The average molecular weight is 693 g/mol. The molecule has 2 aliphatic rings. The van der Waals surface area contributed by atoms with E-state index >= 15 is 0 Å². The molecule has 9 aromatic rings. The molecule has 0 fully saturated rings. The Kier molecular flexibility index (Phi) is 6.82. The van der Waals surface area contributed by atoms with Gasteiger partial charge in [-0.15, -0.1) is 0 Å². The van der Waals surface area contributed by atoms with Gasteiger partial charge in [-0.1, -0.05) is 159 Å². The molecular formula is C52H40N2. The van der Waals surface area contributed by atoms with Crippen LogP contribution in [0.3, 0.4) is 0 Å². The van der Waals surface area contributed by atoms with Gasteiger partial charge in [0.15, 0.2) is 0 Å². The first-order valence-corrected chi connectivity index (χ1v) is 19.3. The molecule has 2 heteroatoms. The second-order valence-electron chi connectivity index (χ2n) is 15.6. The number of hydrogen-bond donors (Lipinski definition) is 0. The standard InChI is InChI=1S/C52H40N2/c1-52(2)43-26-7-8-28-48(43)54-49-32-12-20-37(50(49)42-25-13-27-44(52)51(42)54)33-36-19-9-24-41-38(36)23-14-31-47(41)53(45-29-10-17-34-15-3-5-21-39(34)45)46-30-11-18-35-16-4-6-22-40(35)46/h3-19,21-32,37H,20,33H2,1-2H3. The molecule has 0 saturated carbocycles. The van der Waals surface area contributed by atoms with E-state index in [0.717, 1.165) is 12.8 Å². The molecule has 0 radical (unpaired) electrons. The Hall–Kier alpha value is -6.38. The summed E-state index contributed by atoms with van der Waals surface area (Å²) in [6.45, 7) is 4.77. The van der Waals surface area contributed by atoms with Gasteiger partial charge in [0.1, 0.15) is 0 Å². The maximum absolute atomic E-state index is 2.57. The molecule has 0 spiro atoms. The van der Waals surface area contributed by atoms with Crippen molar-refractivity contribution in [3.63, 3.8) is 0 Å². The van der Waals surface area contributed by atoms with Crippen LogP contribution in [0.15, 0.2) is 170 Å². The van der Waals surface area contributed by atoms with Gasteiger partial charge in [-0.2, -0.15) is 0 Å². The molecule has 0 saturated heterocycles. The van der Waals surface area contributed by atoms with Crippen LogP contribution < -0.4 is 4.90 Å². The first-order chi connectivity index (χ1) is 26.6. The number of nitrogens with zero attached hydrogens (tertiary/aromatic N) is 2. The Morgan fingerprint density at radius 2 is 1.07 bits per heavy atom. The Bertz CT molecular complexity index is 2900. The lowest BCUT2D eigenvalue weighted by Crippen LogP contribution is -2.26. The summed E-state index contributed by atoms with van der Waals surface area (Å²) in [5, 5.41) is 8.93. The monoisotopic (exact) mass is 692 g/mol. The molecule has 1 atom stereocenters. The molecule has 1 aliphatic heterocycles. The van der Waals surface area contributed by atoms with E-state index in [1.165, 1.54) is 93.9 Å². The minimum absolute atomic E-state index is 0.0711. The molecule has 1 unspecified atom stereocenters. The van der Waals surface area contributed by atoms with Crippen LogP contribution in [0.2, 0.25) is 0 Å². The van der Waals surface area contributed by atoms with Gasteiger partial charge in [-0.05, 0) is 87.5 Å². The molecule has 2 nitrogen and oxygen atoms in total. The van der Waals surface area contributed by atoms with Gasteiger partial charge >= 0.3 is 0 Å². The third-order valence-electron chi connectivity index (χ3n) is 12.4. The van der Waals surface area contributed by atoms with Crippen molar-refractivity contribution in [1.82, 2.24) is 4.57 Å². The maximum Gasteiger partial charge on any atom is 0.0578 e. The first-order valence-electron chi connectivity index (χ1n) is 19.3. The van der Waals surface area contributed by atoms with E-state index in [-0.39, 0.29) is 5.41 Å². The van der Waals surface area contributed by atoms with Crippen molar-refractivity contribution >= 4 is 66.4 Å². The van der Waals surface area contributed by atoms with E-state index < -0.39 is 0 Å². The summed E-state index contributed by atoms with van der Waals surface area (Å²) in [6.07, 6.45) is 6.79. The number of hydrogen-bond acceptors (Lipinski definition) is 1. The number of allylic oxidation sites excluding steroid dienone is 1. The van der Waals surface area contributed by atoms with Crippen molar-refractivity contribution in [2.75, 3.05) is 4.90 Å². The molecule has 2 heterocycles. The van der Waals surface area contributed by atoms with Crippen molar-refractivity contribution in [2.24, 2.45) is 0 Å². The smallest absolute Gasteiger partial charge is 0.0578 e. The van der Waals surface area contributed by atoms with Gasteiger partial charge in [0.05, 0.1) is 34.0 Å². The molecule has 1 aliphatic carbocycles. The van der Waals surface area contributed by atoms with E-state index in [2.05, 4.69) is 199 Å². The lowest BCUT2D eigenvalue weighted by molar-refractivity contribution is 0.627. The highest BCUT2D eigenvalue weighted by Gasteiger charge is 2.37. The highest BCUT2D eigenvalue weighted by Crippen LogP contribution is 2.51. The first kappa shape index (κ1) is 31.2. The minimum Gasteiger partial charge on any atom is -0.309 e. The van der Waals surface area contributed by atoms with E-state index in [0.29, 0.717) is 5.92 Å². The Morgan fingerprint density at radius 1 is 0.537 bits per heavy atom. The average Bonchev–Trinajstić information content (AvgIpc) is 3.56. The van der Waals surface area contributed by atoms with Gasteiger partial charge in [0.25, 0.3) is 0 Å². The number of rotatable bonds is 5. The lowest BCUT2D eigenvalue weighted by atomic mass is 9.74. The summed E-state index contributed by atoms with van der Waals surface area (Å²) in [4.78, 5) is 2.50. The highest BCUT2D eigenvalue weighted by molar-refractivity contribution is 6.09. The Morgan fingerprint density at radius 3 is 1.83 bits per heavy atom. The third kappa shape index (κ3) is 4.47. The third-order valence-corrected chi connectivity index (χ3v) is 12.4. The predicted octanol–water partition coefficient (Wildman–Crippen LogP) is 13.9. The van der Waals surface area contributed by atoms with Crippen LogP contribution in [0.4, 0.5) is 17.1 Å². The fourth-order valence-corrected chi connectivity index (χ4v) is 9.91. The van der Waals surface area contributed by atoms with E-state index in [9.17, 15) is 0 Å². The predicted molar refractivity (Wildman–Crippen MR) is 229 cm³/mol. The minimum atomic E-state index is -0.0711. The number of fused-ring (bicyclic) bond motifs is 8. The Balaban J connectivity index is 1.10. The topological polar surface area (TPSA) is 8.17 Å². The summed E-state index contributed by atoms with van der Waals surface area (Å²) in [6, 6.07) is 60.8. The fraction of sp³-hybridized carbons (Fsp3) is 0.115.